The van der Waals surface area contributed by atoms with Crippen LogP contribution in [0.25, 0.3) is 10.8 Å². The number of para-hydroxylation sites is 1. The quantitative estimate of drug-likeness (QED) is 0.0114. The summed E-state index contributed by atoms with van der Waals surface area (Å²) in [5.74, 6) is 0.683. The van der Waals surface area contributed by atoms with E-state index in [1.165, 1.54) is 38.5 Å². The Morgan fingerprint density at radius 2 is 1.48 bits per heavy atom. The second kappa shape index (κ2) is 25.7. The van der Waals surface area contributed by atoms with Crippen LogP contribution in [0.2, 0.25) is 0 Å². The summed E-state index contributed by atoms with van der Waals surface area (Å²) in [5.41, 5.74) is 1.19. The van der Waals surface area contributed by atoms with E-state index in [0.29, 0.717) is 41.1 Å². The van der Waals surface area contributed by atoms with E-state index >= 15 is 0 Å². The Morgan fingerprint density at radius 3 is 2.17 bits per heavy atom. The Balaban J connectivity index is 0.000000292. The molecule has 3 N–H and O–H groups in total. The van der Waals surface area contributed by atoms with Crippen LogP contribution in [-0.4, -0.2) is 111 Å². The standard InChI is InChI=1S/C20H21N3O10S3.C16H23N5O6S2/c1-29-32-33-34-12-21-16-9-8-13-10-14(35(25,26)30-2)11-17(24)19(13)20(16)23-22-15-6-4-5-7-18(15)36(27,28)31-3;1-13-18-15(17-2)20-16(19-13)21(14-7-5-4-6-8-14)9-11-29(22,23)12-10-25-28-27-26-24-3/h4-11,21,24H,12H2,1-3H3;4-8H,9-12H2,1-3H3,(H,17,18,19,20). The van der Waals surface area contributed by atoms with Crippen molar-refractivity contribution in [2.75, 3.05) is 81.6 Å². The zero-order chi connectivity index (χ0) is 47.5. The summed E-state index contributed by atoms with van der Waals surface area (Å²) in [6.45, 7) is 1.84. The molecule has 0 aliphatic heterocycles. The van der Waals surface area contributed by atoms with E-state index in [0.717, 1.165) is 38.0 Å². The number of fused-ring (bicyclic) bond motifs is 1. The van der Waals surface area contributed by atoms with Crippen molar-refractivity contribution in [2.45, 2.75) is 16.7 Å². The van der Waals surface area contributed by atoms with Crippen LogP contribution in [0.5, 0.6) is 5.75 Å². The molecule has 0 spiro atoms. The zero-order valence-electron chi connectivity index (χ0n) is 35.3. The van der Waals surface area contributed by atoms with E-state index in [1.54, 1.807) is 37.1 Å². The van der Waals surface area contributed by atoms with E-state index < -0.39 is 35.8 Å². The van der Waals surface area contributed by atoms with Crippen molar-refractivity contribution in [3.63, 3.8) is 0 Å². The van der Waals surface area contributed by atoms with Gasteiger partial charge in [0.05, 0.1) is 80.4 Å². The number of hydrogen-bond donors (Lipinski definition) is 3. The minimum atomic E-state index is -4.09. The van der Waals surface area contributed by atoms with Gasteiger partial charge in [-0.25, -0.2) is 18.2 Å². The second-order valence-corrected chi connectivity index (χ2v) is 19.1. The maximum atomic E-state index is 12.4. The van der Waals surface area contributed by atoms with Crippen LogP contribution >= 0.6 is 24.4 Å². The average Bonchev–Trinajstić information content (AvgIpc) is 3.30. The van der Waals surface area contributed by atoms with Gasteiger partial charge in [-0.15, -0.1) is 18.9 Å². The molecule has 65 heavy (non-hydrogen) atoms. The molecule has 1 heterocycles. The third kappa shape index (κ3) is 15.9. The average molecular weight is 1010 g/mol. The van der Waals surface area contributed by atoms with Gasteiger partial charge >= 0.3 is 0 Å². The zero-order valence-corrected chi connectivity index (χ0v) is 39.4. The molecule has 354 valence electrons. The molecule has 4 aromatic carbocycles. The number of aromatic nitrogens is 3. The monoisotopic (exact) mass is 1000 g/mol. The summed E-state index contributed by atoms with van der Waals surface area (Å²) in [6.07, 6.45) is 0. The van der Waals surface area contributed by atoms with Gasteiger partial charge in [0.2, 0.25) is 11.9 Å². The van der Waals surface area contributed by atoms with E-state index in [2.05, 4.69) is 72.7 Å². The highest BCUT2D eigenvalue weighted by Gasteiger charge is 2.22. The lowest BCUT2D eigenvalue weighted by Gasteiger charge is -2.23. The van der Waals surface area contributed by atoms with Crippen molar-refractivity contribution in [1.29, 1.82) is 0 Å². The summed E-state index contributed by atoms with van der Waals surface area (Å²) in [4.78, 5) is 22.7. The molecule has 0 unspecified atom stereocenters. The van der Waals surface area contributed by atoms with Crippen molar-refractivity contribution in [1.82, 2.24) is 15.0 Å². The van der Waals surface area contributed by atoms with Crippen LogP contribution in [0.15, 0.2) is 98.9 Å². The number of hydrogen-bond acceptors (Lipinski definition) is 26. The highest BCUT2D eigenvalue weighted by atomic mass is 32.2. The summed E-state index contributed by atoms with van der Waals surface area (Å²) < 4.78 is 96.8. The fourth-order valence-electron chi connectivity index (χ4n) is 5.25. The topological polar surface area (TPSA) is 296 Å². The Kier molecular flexibility index (Phi) is 20.9. The predicted octanol–water partition coefficient (Wildman–Crippen LogP) is 6.02. The van der Waals surface area contributed by atoms with Gasteiger partial charge < -0.3 is 20.6 Å². The molecular formula is C36H44N8O16S5. The smallest absolute Gasteiger partial charge is 0.298 e. The minimum Gasteiger partial charge on any atom is -0.507 e. The summed E-state index contributed by atoms with van der Waals surface area (Å²) in [7, 11) is -5.34. The lowest BCUT2D eigenvalue weighted by atomic mass is 10.1. The summed E-state index contributed by atoms with van der Waals surface area (Å²) in [6, 6.07) is 20.5. The second-order valence-electron chi connectivity index (χ2n) is 12.2. The molecule has 5 rings (SSSR count). The van der Waals surface area contributed by atoms with Crippen molar-refractivity contribution >= 4 is 99.9 Å². The number of aromatic hydroxyl groups is 1. The van der Waals surface area contributed by atoms with Gasteiger partial charge in [-0.3, -0.25) is 12.5 Å². The highest BCUT2D eigenvalue weighted by molar-refractivity contribution is 7.94. The van der Waals surface area contributed by atoms with E-state index in [9.17, 15) is 30.4 Å². The largest absolute Gasteiger partial charge is 0.507 e. The van der Waals surface area contributed by atoms with Gasteiger partial charge in [0, 0.05) is 25.3 Å². The van der Waals surface area contributed by atoms with Gasteiger partial charge in [-0.1, -0.05) is 46.5 Å². The minimum absolute atomic E-state index is 0.0217. The Morgan fingerprint density at radius 1 is 0.785 bits per heavy atom. The van der Waals surface area contributed by atoms with Crippen LogP contribution in [-0.2, 0) is 71.1 Å². The van der Waals surface area contributed by atoms with Crippen molar-refractivity contribution in [2.24, 2.45) is 10.2 Å². The normalized spacial score (nSPS) is 12.0. The van der Waals surface area contributed by atoms with E-state index in [-0.39, 0.29) is 57.1 Å². The fourth-order valence-corrected chi connectivity index (χ4v) is 8.49. The third-order valence-electron chi connectivity index (χ3n) is 8.17. The molecule has 1 aromatic heterocycles. The lowest BCUT2D eigenvalue weighted by Crippen LogP contribution is -2.29. The predicted molar refractivity (Wildman–Crippen MR) is 239 cm³/mol. The number of aryl methyl sites for hydroxylation is 1. The molecule has 0 aliphatic rings. The molecule has 5 aromatic rings. The highest BCUT2D eigenvalue weighted by Crippen LogP contribution is 2.42. The number of phenolic OH excluding ortho intramolecular Hbond substituents is 1. The molecule has 0 bridgehead atoms. The summed E-state index contributed by atoms with van der Waals surface area (Å²) in [5, 5.41) is 33.8. The number of anilines is 4. The molecule has 0 aliphatic carbocycles. The van der Waals surface area contributed by atoms with Crippen molar-refractivity contribution in [3.8, 4) is 5.75 Å². The first-order valence-corrected chi connectivity index (χ1v) is 24.5. The molecule has 0 amide bonds. The number of nitrogens with zero attached hydrogens (tertiary/aromatic N) is 6. The maximum Gasteiger partial charge on any atom is 0.298 e. The third-order valence-corrected chi connectivity index (χ3v) is 13.1. The first-order valence-electron chi connectivity index (χ1n) is 18.3. The Labute approximate surface area is 383 Å². The molecule has 24 nitrogen and oxygen atoms in total. The molecule has 0 atom stereocenters. The fraction of sp³-hybridized carbons (Fsp3) is 0.306. The number of phenols is 1. The lowest BCUT2D eigenvalue weighted by molar-refractivity contribution is -0.449. The number of rotatable bonds is 25. The van der Waals surface area contributed by atoms with E-state index in [1.807, 2.05) is 30.3 Å². The van der Waals surface area contributed by atoms with Crippen molar-refractivity contribution < 1.29 is 71.4 Å². The number of sulfone groups is 1. The molecule has 0 fully saturated rings. The van der Waals surface area contributed by atoms with Crippen LogP contribution in [0.1, 0.15) is 5.82 Å². The Hall–Kier alpha value is -4.86. The van der Waals surface area contributed by atoms with Crippen molar-refractivity contribution in [3.05, 3.63) is 84.7 Å². The molecule has 0 saturated carbocycles. The molecular weight excluding hydrogens is 961 g/mol. The first-order chi connectivity index (χ1) is 31.1. The van der Waals surface area contributed by atoms with Crippen LogP contribution in [0.3, 0.4) is 0 Å². The van der Waals surface area contributed by atoms with Gasteiger partial charge in [0.25, 0.3) is 20.2 Å². The van der Waals surface area contributed by atoms with Gasteiger partial charge in [0.15, 0.2) is 22.2 Å². The SMILES string of the molecule is CNc1nc(C)nc(N(CCS(=O)(=O)CCOSOOOC)c2ccccc2)n1.COOOSCNc1ccc2cc(S(=O)(=O)OC)cc(O)c2c1N=Nc1ccccc1S(=O)(=O)OC. The van der Waals surface area contributed by atoms with E-state index in [4.69, 9.17) is 4.18 Å². The van der Waals surface area contributed by atoms with Gasteiger partial charge in [0.1, 0.15) is 27.8 Å². The maximum absolute atomic E-state index is 12.4. The summed E-state index contributed by atoms with van der Waals surface area (Å²) >= 11 is 1.32. The molecule has 0 saturated heterocycles. The van der Waals surface area contributed by atoms with Crippen LogP contribution < -0.4 is 15.5 Å². The van der Waals surface area contributed by atoms with Gasteiger partial charge in [-0.05, 0) is 48.7 Å². The first kappa shape index (κ1) is 52.8. The van der Waals surface area contributed by atoms with Crippen LogP contribution in [0, 0.1) is 6.92 Å². The number of azo groups is 1. The number of benzene rings is 4. The Bertz CT molecular complexity index is 2690. The number of nitrogens with one attached hydrogen (secondary N) is 2. The van der Waals surface area contributed by atoms with Gasteiger partial charge in [-0.2, -0.15) is 31.8 Å². The van der Waals surface area contributed by atoms with Crippen LogP contribution in [0.4, 0.5) is 34.6 Å². The molecule has 29 heteroatoms. The molecule has 0 radical (unpaired) electrons.